The third-order valence-electron chi connectivity index (χ3n) is 5.00. The third-order valence-corrected chi connectivity index (χ3v) is 6.79. The van der Waals surface area contributed by atoms with Crippen molar-refractivity contribution in [3.05, 3.63) is 0 Å². The van der Waals surface area contributed by atoms with Crippen LogP contribution < -0.4 is 0 Å². The smallest absolute Gasteiger partial charge is 0.150 e. The number of rotatable bonds is 2. The lowest BCUT2D eigenvalue weighted by Crippen LogP contribution is -2.42. The Labute approximate surface area is 102 Å². The number of hydrogen-bond acceptors (Lipinski definition) is 4. The van der Waals surface area contributed by atoms with Crippen LogP contribution in [-0.4, -0.2) is 33.6 Å². The average Bonchev–Trinajstić information content (AvgIpc) is 2.74. The van der Waals surface area contributed by atoms with E-state index in [1.165, 1.54) is 0 Å². The summed E-state index contributed by atoms with van der Waals surface area (Å²) < 4.78 is 28.3. The molecule has 3 fully saturated rings. The van der Waals surface area contributed by atoms with Crippen molar-refractivity contribution in [2.75, 3.05) is 25.2 Å². The maximum atomic E-state index is 11.6. The highest BCUT2D eigenvalue weighted by Crippen LogP contribution is 2.63. The Morgan fingerprint density at radius 3 is 2.18 bits per heavy atom. The number of nitriles is 1. The van der Waals surface area contributed by atoms with Crippen molar-refractivity contribution in [1.82, 2.24) is 0 Å². The van der Waals surface area contributed by atoms with Crippen LogP contribution in [0.5, 0.6) is 0 Å². The van der Waals surface area contributed by atoms with Crippen molar-refractivity contribution in [1.29, 1.82) is 5.26 Å². The van der Waals surface area contributed by atoms with Gasteiger partial charge in [-0.1, -0.05) is 0 Å². The molecule has 5 heteroatoms. The van der Waals surface area contributed by atoms with Gasteiger partial charge in [-0.2, -0.15) is 5.26 Å². The van der Waals surface area contributed by atoms with E-state index in [2.05, 4.69) is 6.07 Å². The summed E-state index contributed by atoms with van der Waals surface area (Å²) in [5, 5.41) is 9.33. The molecule has 0 bridgehead atoms. The molecule has 0 aromatic heterocycles. The molecule has 5 atom stereocenters. The van der Waals surface area contributed by atoms with Crippen molar-refractivity contribution in [3.63, 3.8) is 0 Å². The quantitative estimate of drug-likeness (QED) is 0.733. The van der Waals surface area contributed by atoms with E-state index in [0.29, 0.717) is 41.8 Å². The van der Waals surface area contributed by atoms with Gasteiger partial charge in [0.05, 0.1) is 29.6 Å². The molecule has 1 saturated heterocycles. The number of sulfone groups is 1. The monoisotopic (exact) mass is 255 g/mol. The van der Waals surface area contributed by atoms with E-state index in [9.17, 15) is 13.7 Å². The first-order valence-electron chi connectivity index (χ1n) is 6.11. The van der Waals surface area contributed by atoms with Gasteiger partial charge in [-0.25, -0.2) is 8.42 Å². The molecule has 17 heavy (non-hydrogen) atoms. The molecule has 0 amide bonds. The van der Waals surface area contributed by atoms with Crippen LogP contribution in [0.15, 0.2) is 0 Å². The van der Waals surface area contributed by atoms with E-state index in [-0.39, 0.29) is 5.41 Å². The summed E-state index contributed by atoms with van der Waals surface area (Å²) in [5.74, 6) is 2.27. The molecule has 0 spiro atoms. The Hall–Kier alpha value is -0.600. The van der Waals surface area contributed by atoms with Crippen LogP contribution in [0.25, 0.3) is 0 Å². The summed E-state index contributed by atoms with van der Waals surface area (Å²) in [4.78, 5) is 0. The van der Waals surface area contributed by atoms with Crippen molar-refractivity contribution in [2.45, 2.75) is 12.8 Å². The Balaban J connectivity index is 1.79. The minimum absolute atomic E-state index is 0.331. The first-order chi connectivity index (χ1) is 8.00. The molecule has 1 aliphatic heterocycles. The number of hydrogen-bond donors (Lipinski definition) is 0. The molecule has 3 rings (SSSR count). The Bertz CT molecular complexity index is 452. The van der Waals surface area contributed by atoms with E-state index in [0.717, 1.165) is 12.8 Å². The molecule has 1 heterocycles. The fourth-order valence-electron chi connectivity index (χ4n) is 4.38. The summed E-state index contributed by atoms with van der Waals surface area (Å²) in [6.45, 7) is 0.489. The SMILES string of the molecule is COCC1(C#N)C[C@@H]2[C@H](C1)[C@H]1CS(=O)(=O)C[C@@H]21. The molecule has 0 aromatic rings. The van der Waals surface area contributed by atoms with Gasteiger partial charge < -0.3 is 4.74 Å². The van der Waals surface area contributed by atoms with Crippen LogP contribution in [0.3, 0.4) is 0 Å². The van der Waals surface area contributed by atoms with Crippen LogP contribution in [0, 0.1) is 40.4 Å². The minimum atomic E-state index is -2.79. The van der Waals surface area contributed by atoms with E-state index in [4.69, 9.17) is 4.74 Å². The van der Waals surface area contributed by atoms with Gasteiger partial charge in [0.25, 0.3) is 0 Å². The zero-order valence-electron chi connectivity index (χ0n) is 9.93. The number of ether oxygens (including phenoxy) is 1. The highest BCUT2D eigenvalue weighted by atomic mass is 32.2. The summed E-state index contributed by atoms with van der Waals surface area (Å²) in [7, 11) is -1.17. The summed E-state index contributed by atoms with van der Waals surface area (Å²) in [5.41, 5.74) is -0.349. The van der Waals surface area contributed by atoms with Gasteiger partial charge in [0, 0.05) is 7.11 Å². The van der Waals surface area contributed by atoms with E-state index >= 15 is 0 Å². The molecule has 0 N–H and O–H groups in total. The number of fused-ring (bicyclic) bond motifs is 4. The summed E-state index contributed by atoms with van der Waals surface area (Å²) in [6, 6.07) is 2.41. The number of methoxy groups -OCH3 is 1. The summed E-state index contributed by atoms with van der Waals surface area (Å²) in [6.07, 6.45) is 1.66. The Morgan fingerprint density at radius 2 is 1.76 bits per heavy atom. The van der Waals surface area contributed by atoms with Crippen molar-refractivity contribution in [3.8, 4) is 6.07 Å². The molecule has 0 radical (unpaired) electrons. The second kappa shape index (κ2) is 3.46. The predicted molar refractivity (Wildman–Crippen MR) is 61.8 cm³/mol. The van der Waals surface area contributed by atoms with Crippen LogP contribution in [0.2, 0.25) is 0 Å². The van der Waals surface area contributed by atoms with Crippen molar-refractivity contribution >= 4 is 9.84 Å². The fraction of sp³-hybridized carbons (Fsp3) is 0.917. The van der Waals surface area contributed by atoms with Gasteiger partial charge in [-0.15, -0.1) is 0 Å². The molecule has 2 aliphatic carbocycles. The Kier molecular flexibility index (Phi) is 2.34. The lowest BCUT2D eigenvalue weighted by atomic mass is 9.60. The zero-order chi connectivity index (χ0) is 12.3. The highest BCUT2D eigenvalue weighted by Gasteiger charge is 2.63. The molecule has 3 aliphatic rings. The van der Waals surface area contributed by atoms with Gasteiger partial charge in [0.2, 0.25) is 0 Å². The first-order valence-corrected chi connectivity index (χ1v) is 7.93. The maximum Gasteiger partial charge on any atom is 0.150 e. The largest absolute Gasteiger partial charge is 0.383 e. The van der Waals surface area contributed by atoms with Crippen LogP contribution in [-0.2, 0) is 14.6 Å². The normalized spacial score (nSPS) is 50.1. The van der Waals surface area contributed by atoms with Gasteiger partial charge >= 0.3 is 0 Å². The third kappa shape index (κ3) is 1.54. The number of nitrogens with zero attached hydrogens (tertiary/aromatic N) is 1. The second-order valence-corrected chi connectivity index (χ2v) is 8.12. The standard InChI is InChI=1S/C12H17NO3S/c1-16-7-12(6-13)2-8-9(3-12)11-5-17(14,15)4-10(8)11/h8-11H,2-5,7H2,1H3/t8-,9+,10+,11-,12?. The van der Waals surface area contributed by atoms with E-state index in [1.807, 2.05) is 0 Å². The Morgan fingerprint density at radius 1 is 1.24 bits per heavy atom. The molecular weight excluding hydrogens is 238 g/mol. The lowest BCUT2D eigenvalue weighted by molar-refractivity contribution is 0.0462. The average molecular weight is 255 g/mol. The summed E-state index contributed by atoms with van der Waals surface area (Å²) >= 11 is 0. The molecule has 4 nitrogen and oxygen atoms in total. The lowest BCUT2D eigenvalue weighted by Gasteiger charge is -2.43. The highest BCUT2D eigenvalue weighted by molar-refractivity contribution is 7.91. The predicted octanol–water partition coefficient (Wildman–Crippen LogP) is 0.843. The zero-order valence-corrected chi connectivity index (χ0v) is 10.7. The van der Waals surface area contributed by atoms with Crippen molar-refractivity contribution < 1.29 is 13.2 Å². The topological polar surface area (TPSA) is 67.2 Å². The molecule has 94 valence electrons. The van der Waals surface area contributed by atoms with Crippen molar-refractivity contribution in [2.24, 2.45) is 29.1 Å². The molecule has 1 unspecified atom stereocenters. The maximum absolute atomic E-state index is 11.6. The van der Waals surface area contributed by atoms with Gasteiger partial charge in [0.15, 0.2) is 9.84 Å². The van der Waals surface area contributed by atoms with Gasteiger partial charge in [-0.05, 0) is 36.5 Å². The van der Waals surface area contributed by atoms with Crippen LogP contribution in [0.1, 0.15) is 12.8 Å². The fourth-order valence-corrected chi connectivity index (χ4v) is 6.68. The molecular formula is C12H17NO3S. The first kappa shape index (κ1) is 11.5. The van der Waals surface area contributed by atoms with Gasteiger partial charge in [0.1, 0.15) is 0 Å². The minimum Gasteiger partial charge on any atom is -0.383 e. The second-order valence-electron chi connectivity index (χ2n) is 5.97. The van der Waals surface area contributed by atoms with Crippen LogP contribution >= 0.6 is 0 Å². The van der Waals surface area contributed by atoms with E-state index in [1.54, 1.807) is 7.11 Å². The van der Waals surface area contributed by atoms with E-state index < -0.39 is 9.84 Å². The van der Waals surface area contributed by atoms with Gasteiger partial charge in [-0.3, -0.25) is 0 Å². The molecule has 0 aromatic carbocycles. The molecule has 2 saturated carbocycles. The van der Waals surface area contributed by atoms with Crippen LogP contribution in [0.4, 0.5) is 0 Å².